The zero-order valence-electron chi connectivity index (χ0n) is 9.99. The van der Waals surface area contributed by atoms with Gasteiger partial charge in [0.25, 0.3) is 0 Å². The molecule has 4 heteroatoms. The van der Waals surface area contributed by atoms with Gasteiger partial charge in [-0.15, -0.1) is 0 Å². The predicted molar refractivity (Wildman–Crippen MR) is 64.0 cm³/mol. The molecule has 0 saturated heterocycles. The summed E-state index contributed by atoms with van der Waals surface area (Å²) in [5.41, 5.74) is 0. The lowest BCUT2D eigenvalue weighted by Crippen LogP contribution is -1.91. The summed E-state index contributed by atoms with van der Waals surface area (Å²) in [6.07, 6.45) is 3.67. The van der Waals surface area contributed by atoms with Crippen LogP contribution in [0, 0.1) is 0 Å². The molecule has 4 nitrogen and oxygen atoms in total. The lowest BCUT2D eigenvalue weighted by molar-refractivity contribution is -0.134. The number of carbonyl (C=O) groups is 3. The second-order valence-corrected chi connectivity index (χ2v) is 2.36. The maximum Gasteiger partial charge on any atom is 0.329 e. The highest BCUT2D eigenvalue weighted by atomic mass is 16.5. The van der Waals surface area contributed by atoms with Crippen LogP contribution in [0.15, 0.2) is 38.0 Å². The topological polar surface area (TPSA) is 60.4 Å². The summed E-state index contributed by atoms with van der Waals surface area (Å²) in [5.74, 6) is -0.356. The zero-order valence-corrected chi connectivity index (χ0v) is 9.99. The molecule has 0 aromatic rings. The van der Waals surface area contributed by atoms with Crippen LogP contribution in [0.25, 0.3) is 0 Å². The van der Waals surface area contributed by atoms with Crippen molar-refractivity contribution in [2.24, 2.45) is 0 Å². The van der Waals surface area contributed by atoms with Gasteiger partial charge < -0.3 is 4.74 Å². The van der Waals surface area contributed by atoms with E-state index in [1.54, 1.807) is 0 Å². The number of esters is 1. The van der Waals surface area contributed by atoms with Crippen molar-refractivity contribution in [1.82, 2.24) is 0 Å². The third-order valence-corrected chi connectivity index (χ3v) is 0.943. The molecule has 0 aliphatic heterocycles. The Balaban J connectivity index is -0.000000160. The predicted octanol–water partition coefficient (Wildman–Crippen LogP) is 1.87. The summed E-state index contributed by atoms with van der Waals surface area (Å²) in [4.78, 5) is 29.2. The quantitative estimate of drug-likeness (QED) is 0.544. The maximum absolute atomic E-state index is 9.84. The van der Waals surface area contributed by atoms with Gasteiger partial charge in [0.05, 0.1) is 7.11 Å². The van der Waals surface area contributed by atoms with Crippen LogP contribution in [-0.2, 0) is 19.1 Å². The summed E-state index contributed by atoms with van der Waals surface area (Å²) in [6, 6.07) is 0. The third-order valence-electron chi connectivity index (χ3n) is 0.943. The number of ketones is 2. The van der Waals surface area contributed by atoms with Crippen LogP contribution >= 0.6 is 0 Å². The second kappa shape index (κ2) is 15.5. The highest BCUT2D eigenvalue weighted by Gasteiger charge is 1.81. The first kappa shape index (κ1) is 19.6. The number of hydrogen-bond donors (Lipinski definition) is 0. The van der Waals surface area contributed by atoms with E-state index in [0.717, 1.165) is 6.08 Å². The second-order valence-electron chi connectivity index (χ2n) is 2.36. The van der Waals surface area contributed by atoms with Crippen molar-refractivity contribution in [2.45, 2.75) is 13.8 Å². The zero-order chi connectivity index (χ0) is 13.6. The van der Waals surface area contributed by atoms with Gasteiger partial charge in [0, 0.05) is 6.08 Å². The lowest BCUT2D eigenvalue weighted by Gasteiger charge is -1.83. The Kier molecular flexibility index (Phi) is 19.0. The Morgan fingerprint density at radius 3 is 1.12 bits per heavy atom. The molecule has 0 radical (unpaired) electrons. The Bertz CT molecular complexity index is 246. The van der Waals surface area contributed by atoms with Gasteiger partial charge in [-0.3, -0.25) is 9.59 Å². The van der Waals surface area contributed by atoms with Crippen molar-refractivity contribution >= 4 is 17.5 Å². The minimum Gasteiger partial charge on any atom is -0.466 e. The monoisotopic (exact) mass is 226 g/mol. The minimum atomic E-state index is -0.394. The molecule has 0 rings (SSSR count). The molecule has 0 aromatic heterocycles. The number of carbonyl (C=O) groups excluding carboxylic acids is 3. The number of methoxy groups -OCH3 is 1. The van der Waals surface area contributed by atoms with E-state index in [2.05, 4.69) is 24.5 Å². The van der Waals surface area contributed by atoms with Crippen LogP contribution in [-0.4, -0.2) is 24.6 Å². The van der Waals surface area contributed by atoms with Gasteiger partial charge in [-0.2, -0.15) is 0 Å². The first-order valence-corrected chi connectivity index (χ1v) is 4.32. The fraction of sp³-hybridized carbons (Fsp3) is 0.250. The third kappa shape index (κ3) is 40.3. The molecule has 90 valence electrons. The average molecular weight is 226 g/mol. The molecule has 16 heavy (non-hydrogen) atoms. The van der Waals surface area contributed by atoms with Gasteiger partial charge in [-0.1, -0.05) is 19.7 Å². The standard InChI is InChI=1S/C4H6O2.2C4H6O/c1-3-4(5)6-2;2*1-3-4(2)5/h3H,1H2,2H3;2*3H,1H2,2H3. The fourth-order valence-electron chi connectivity index (χ4n) is 0.0833. The van der Waals surface area contributed by atoms with Crippen LogP contribution in [0.5, 0.6) is 0 Å². The molecule has 0 amide bonds. The normalized spacial score (nSPS) is 6.69. The van der Waals surface area contributed by atoms with E-state index in [4.69, 9.17) is 0 Å². The van der Waals surface area contributed by atoms with Crippen molar-refractivity contribution in [3.63, 3.8) is 0 Å². The number of ether oxygens (including phenoxy) is 1. The largest absolute Gasteiger partial charge is 0.466 e. The summed E-state index contributed by atoms with van der Waals surface area (Å²) < 4.78 is 4.14. The highest BCUT2D eigenvalue weighted by molar-refractivity contribution is 5.86. The molecule has 0 bridgehead atoms. The molecule has 0 atom stereocenters. The van der Waals surface area contributed by atoms with Gasteiger partial charge in [-0.25, -0.2) is 4.79 Å². The van der Waals surface area contributed by atoms with Crippen LogP contribution in [0.3, 0.4) is 0 Å². The van der Waals surface area contributed by atoms with Gasteiger partial charge >= 0.3 is 5.97 Å². The molecule has 0 fully saturated rings. The summed E-state index contributed by atoms with van der Waals surface area (Å²) >= 11 is 0. The first-order valence-electron chi connectivity index (χ1n) is 4.32. The van der Waals surface area contributed by atoms with Gasteiger partial charge in [0.2, 0.25) is 0 Å². The van der Waals surface area contributed by atoms with Crippen LogP contribution in [0.1, 0.15) is 13.8 Å². The average Bonchev–Trinajstić information content (AvgIpc) is 2.29. The van der Waals surface area contributed by atoms with Gasteiger partial charge in [0.15, 0.2) is 11.6 Å². The molecule has 0 spiro atoms. The molecule has 0 N–H and O–H groups in total. The van der Waals surface area contributed by atoms with E-state index < -0.39 is 5.97 Å². The van der Waals surface area contributed by atoms with Crippen LogP contribution in [0.2, 0.25) is 0 Å². The van der Waals surface area contributed by atoms with E-state index in [0.29, 0.717) is 0 Å². The van der Waals surface area contributed by atoms with Gasteiger partial charge in [-0.05, 0) is 26.0 Å². The molecular weight excluding hydrogens is 208 g/mol. The summed E-state index contributed by atoms with van der Waals surface area (Å²) in [6.45, 7) is 12.5. The molecule has 0 unspecified atom stereocenters. The molecule has 0 aliphatic carbocycles. The van der Waals surface area contributed by atoms with E-state index in [9.17, 15) is 14.4 Å². The Morgan fingerprint density at radius 1 is 0.875 bits per heavy atom. The van der Waals surface area contributed by atoms with Crippen molar-refractivity contribution in [3.8, 4) is 0 Å². The first-order chi connectivity index (χ1) is 7.35. The highest BCUT2D eigenvalue weighted by Crippen LogP contribution is 1.67. The number of hydrogen-bond acceptors (Lipinski definition) is 4. The summed E-state index contributed by atoms with van der Waals surface area (Å²) in [7, 11) is 1.31. The molecule has 0 aromatic carbocycles. The van der Waals surface area contributed by atoms with Gasteiger partial charge in [0.1, 0.15) is 0 Å². The molecule has 0 aliphatic rings. The van der Waals surface area contributed by atoms with E-state index in [-0.39, 0.29) is 11.6 Å². The summed E-state index contributed by atoms with van der Waals surface area (Å²) in [5, 5.41) is 0. The van der Waals surface area contributed by atoms with Crippen molar-refractivity contribution in [3.05, 3.63) is 38.0 Å². The van der Waals surface area contributed by atoms with E-state index >= 15 is 0 Å². The van der Waals surface area contributed by atoms with Crippen LogP contribution in [0.4, 0.5) is 0 Å². The van der Waals surface area contributed by atoms with E-state index in [1.807, 2.05) is 0 Å². The molecule has 0 heterocycles. The van der Waals surface area contributed by atoms with Crippen LogP contribution < -0.4 is 0 Å². The smallest absolute Gasteiger partial charge is 0.329 e. The van der Waals surface area contributed by atoms with Crippen molar-refractivity contribution in [2.75, 3.05) is 7.11 Å². The Labute approximate surface area is 96.3 Å². The molecule has 0 saturated carbocycles. The fourth-order valence-corrected chi connectivity index (χ4v) is 0.0833. The Morgan fingerprint density at radius 2 is 1.12 bits per heavy atom. The van der Waals surface area contributed by atoms with E-state index in [1.165, 1.54) is 33.1 Å². The molecular formula is C12H18O4. The Hall–Kier alpha value is -1.97. The lowest BCUT2D eigenvalue weighted by atomic mass is 10.5. The SMILES string of the molecule is C=CC(=O)OC.C=CC(C)=O.C=CC(C)=O. The number of rotatable bonds is 3. The van der Waals surface area contributed by atoms with Crippen molar-refractivity contribution in [1.29, 1.82) is 0 Å². The minimum absolute atomic E-state index is 0.0185. The maximum atomic E-state index is 9.84. The van der Waals surface area contributed by atoms with Crippen molar-refractivity contribution < 1.29 is 19.1 Å². The number of allylic oxidation sites excluding steroid dienone is 2.